The van der Waals surface area contributed by atoms with Crippen molar-refractivity contribution in [3.8, 4) is 0 Å². The summed E-state index contributed by atoms with van der Waals surface area (Å²) in [4.78, 5) is 0. The molecule has 0 amide bonds. The van der Waals surface area contributed by atoms with Gasteiger partial charge in [-0.3, -0.25) is 0 Å². The van der Waals surface area contributed by atoms with Crippen molar-refractivity contribution in [3.05, 3.63) is 17.5 Å². The van der Waals surface area contributed by atoms with Gasteiger partial charge in [0.15, 0.2) is 0 Å². The third kappa shape index (κ3) is 4.10. The summed E-state index contributed by atoms with van der Waals surface area (Å²) >= 11 is 6.76. The lowest BCUT2D eigenvalue weighted by molar-refractivity contribution is 0.546. The fourth-order valence-corrected chi connectivity index (χ4v) is 3.62. The molecular formula is C9H14ClNO2S2. The summed E-state index contributed by atoms with van der Waals surface area (Å²) in [5.41, 5.74) is 0. The Bertz CT molecular complexity index is 375. The van der Waals surface area contributed by atoms with Crippen LogP contribution in [0.5, 0.6) is 0 Å². The molecule has 1 unspecified atom stereocenters. The van der Waals surface area contributed by atoms with Crippen molar-refractivity contribution in [2.45, 2.75) is 30.0 Å². The highest BCUT2D eigenvalue weighted by atomic mass is 35.5. The van der Waals surface area contributed by atoms with E-state index < -0.39 is 10.0 Å². The highest BCUT2D eigenvalue weighted by Crippen LogP contribution is 2.16. The van der Waals surface area contributed by atoms with E-state index in [1.807, 2.05) is 6.92 Å². The standard InChI is InChI=1S/C9H14ClNO2S2/c1-8(4-2-6-10)11-15(12,13)9-5-3-7-14-9/h3,5,7-8,11H,2,4,6H2,1H3. The van der Waals surface area contributed by atoms with Crippen LogP contribution in [0.15, 0.2) is 21.7 Å². The van der Waals surface area contributed by atoms with Gasteiger partial charge in [0.25, 0.3) is 0 Å². The molecular weight excluding hydrogens is 254 g/mol. The number of hydrogen-bond acceptors (Lipinski definition) is 3. The maximum atomic E-state index is 11.7. The van der Waals surface area contributed by atoms with E-state index >= 15 is 0 Å². The smallest absolute Gasteiger partial charge is 0.208 e. The maximum absolute atomic E-state index is 11.7. The van der Waals surface area contributed by atoms with Crippen molar-refractivity contribution in [1.29, 1.82) is 0 Å². The number of thiophene rings is 1. The van der Waals surface area contributed by atoms with E-state index in [1.54, 1.807) is 17.5 Å². The average molecular weight is 268 g/mol. The van der Waals surface area contributed by atoms with Gasteiger partial charge in [-0.25, -0.2) is 13.1 Å². The zero-order valence-corrected chi connectivity index (χ0v) is 10.8. The van der Waals surface area contributed by atoms with Crippen molar-refractivity contribution >= 4 is 33.0 Å². The van der Waals surface area contributed by atoms with Gasteiger partial charge in [0, 0.05) is 11.9 Å². The molecule has 1 N–H and O–H groups in total. The number of rotatable bonds is 6. The van der Waals surface area contributed by atoms with Crippen LogP contribution in [0.4, 0.5) is 0 Å². The average Bonchev–Trinajstić information content (AvgIpc) is 2.67. The Hall–Kier alpha value is -0.100. The fourth-order valence-electron chi connectivity index (χ4n) is 1.18. The number of nitrogens with one attached hydrogen (secondary N) is 1. The molecule has 15 heavy (non-hydrogen) atoms. The van der Waals surface area contributed by atoms with E-state index in [4.69, 9.17) is 11.6 Å². The summed E-state index contributed by atoms with van der Waals surface area (Å²) in [6.45, 7) is 1.84. The van der Waals surface area contributed by atoms with Crippen molar-refractivity contribution in [2.75, 3.05) is 5.88 Å². The van der Waals surface area contributed by atoms with Crippen LogP contribution in [0.2, 0.25) is 0 Å². The fraction of sp³-hybridized carbons (Fsp3) is 0.556. The summed E-state index contributed by atoms with van der Waals surface area (Å²) in [5.74, 6) is 0.561. The normalized spacial score (nSPS) is 14.0. The molecule has 1 rings (SSSR count). The van der Waals surface area contributed by atoms with Gasteiger partial charge in [0.2, 0.25) is 10.0 Å². The molecule has 86 valence electrons. The van der Waals surface area contributed by atoms with E-state index in [0.29, 0.717) is 10.1 Å². The van der Waals surface area contributed by atoms with E-state index in [0.717, 1.165) is 12.8 Å². The second kappa shape index (κ2) is 5.84. The highest BCUT2D eigenvalue weighted by molar-refractivity contribution is 7.91. The molecule has 1 aromatic rings. The van der Waals surface area contributed by atoms with Crippen LogP contribution >= 0.6 is 22.9 Å². The minimum Gasteiger partial charge on any atom is -0.208 e. The van der Waals surface area contributed by atoms with Crippen LogP contribution in [0.25, 0.3) is 0 Å². The van der Waals surface area contributed by atoms with Gasteiger partial charge in [-0.15, -0.1) is 22.9 Å². The molecule has 3 nitrogen and oxygen atoms in total. The van der Waals surface area contributed by atoms with Crippen LogP contribution in [0, 0.1) is 0 Å². The van der Waals surface area contributed by atoms with Crippen LogP contribution in [-0.2, 0) is 10.0 Å². The van der Waals surface area contributed by atoms with Crippen LogP contribution < -0.4 is 4.72 Å². The monoisotopic (exact) mass is 267 g/mol. The molecule has 1 aromatic heterocycles. The quantitative estimate of drug-likeness (QED) is 0.805. The molecule has 6 heteroatoms. The van der Waals surface area contributed by atoms with Gasteiger partial charge >= 0.3 is 0 Å². The first-order chi connectivity index (χ1) is 7.06. The zero-order chi connectivity index (χ0) is 11.3. The number of sulfonamides is 1. The lowest BCUT2D eigenvalue weighted by atomic mass is 10.2. The lowest BCUT2D eigenvalue weighted by Crippen LogP contribution is -2.32. The Kier molecular flexibility index (Phi) is 5.05. The zero-order valence-electron chi connectivity index (χ0n) is 8.44. The number of hydrogen-bond donors (Lipinski definition) is 1. The Labute approximate surface area is 99.5 Å². The van der Waals surface area contributed by atoms with Crippen molar-refractivity contribution in [3.63, 3.8) is 0 Å². The molecule has 0 aliphatic carbocycles. The molecule has 0 aliphatic rings. The molecule has 0 saturated carbocycles. The highest BCUT2D eigenvalue weighted by Gasteiger charge is 2.17. The van der Waals surface area contributed by atoms with E-state index in [1.165, 1.54) is 11.3 Å². The van der Waals surface area contributed by atoms with Gasteiger partial charge in [-0.1, -0.05) is 6.07 Å². The van der Waals surface area contributed by atoms with Gasteiger partial charge in [-0.2, -0.15) is 0 Å². The molecule has 0 aliphatic heterocycles. The van der Waals surface area contributed by atoms with E-state index in [2.05, 4.69) is 4.72 Å². The van der Waals surface area contributed by atoms with Gasteiger partial charge in [0.05, 0.1) is 0 Å². The topological polar surface area (TPSA) is 46.2 Å². The first-order valence-corrected chi connectivity index (χ1v) is 7.58. The molecule has 0 saturated heterocycles. The number of alkyl halides is 1. The second-order valence-electron chi connectivity index (χ2n) is 3.29. The minimum atomic E-state index is -3.32. The van der Waals surface area contributed by atoms with Gasteiger partial charge in [0.1, 0.15) is 4.21 Å². The third-order valence-corrected chi connectivity index (χ3v) is 5.14. The Balaban J connectivity index is 2.57. The summed E-state index contributed by atoms with van der Waals surface area (Å²) < 4.78 is 26.4. The Morgan fingerprint density at radius 3 is 2.87 bits per heavy atom. The van der Waals surface area contributed by atoms with Crippen molar-refractivity contribution in [2.24, 2.45) is 0 Å². The van der Waals surface area contributed by atoms with E-state index in [9.17, 15) is 8.42 Å². The van der Waals surface area contributed by atoms with Crippen molar-refractivity contribution in [1.82, 2.24) is 4.72 Å². The largest absolute Gasteiger partial charge is 0.250 e. The molecule has 0 radical (unpaired) electrons. The predicted octanol–water partition coefficient (Wildman–Crippen LogP) is 2.43. The first-order valence-electron chi connectivity index (χ1n) is 4.68. The van der Waals surface area contributed by atoms with Gasteiger partial charge < -0.3 is 0 Å². The third-order valence-electron chi connectivity index (χ3n) is 1.89. The first kappa shape index (κ1) is 13.0. The lowest BCUT2D eigenvalue weighted by Gasteiger charge is -2.12. The molecule has 0 spiro atoms. The molecule has 1 atom stereocenters. The van der Waals surface area contributed by atoms with Crippen LogP contribution in [0.1, 0.15) is 19.8 Å². The summed E-state index contributed by atoms with van der Waals surface area (Å²) in [7, 11) is -3.32. The Morgan fingerprint density at radius 2 is 2.33 bits per heavy atom. The van der Waals surface area contributed by atoms with Gasteiger partial charge in [-0.05, 0) is 31.2 Å². The molecule has 0 fully saturated rings. The molecule has 0 bridgehead atoms. The second-order valence-corrected chi connectivity index (χ2v) is 6.55. The number of halogens is 1. The SMILES string of the molecule is CC(CCCCl)NS(=O)(=O)c1cccs1. The predicted molar refractivity (Wildman–Crippen MR) is 64.1 cm³/mol. The van der Waals surface area contributed by atoms with E-state index in [-0.39, 0.29) is 6.04 Å². The summed E-state index contributed by atoms with van der Waals surface area (Å²) in [6, 6.07) is 3.25. The van der Waals surface area contributed by atoms with Crippen LogP contribution in [0.3, 0.4) is 0 Å². The molecule has 0 aromatic carbocycles. The maximum Gasteiger partial charge on any atom is 0.250 e. The Morgan fingerprint density at radius 1 is 1.60 bits per heavy atom. The van der Waals surface area contributed by atoms with Crippen LogP contribution in [-0.4, -0.2) is 20.3 Å². The van der Waals surface area contributed by atoms with Crippen molar-refractivity contribution < 1.29 is 8.42 Å². The summed E-state index contributed by atoms with van der Waals surface area (Å²) in [5, 5.41) is 1.75. The minimum absolute atomic E-state index is 0.0733. The molecule has 1 heterocycles. The summed E-state index contributed by atoms with van der Waals surface area (Å²) in [6.07, 6.45) is 1.57.